The normalized spacial score (nSPS) is 10.5. The molecule has 0 aliphatic heterocycles. The minimum Gasteiger partial charge on any atom is -0.396 e. The zero-order chi connectivity index (χ0) is 10.5. The van der Waals surface area contributed by atoms with Crippen molar-refractivity contribution >= 4 is 11.3 Å². The summed E-state index contributed by atoms with van der Waals surface area (Å²) < 4.78 is 0. The van der Waals surface area contributed by atoms with Gasteiger partial charge in [-0.25, -0.2) is 0 Å². The molecule has 0 saturated heterocycles. The van der Waals surface area contributed by atoms with Crippen LogP contribution >= 0.6 is 11.3 Å². The van der Waals surface area contributed by atoms with E-state index >= 15 is 0 Å². The summed E-state index contributed by atoms with van der Waals surface area (Å²) in [6.45, 7) is 0.224. The number of hydrogen-bond acceptors (Lipinski definition) is 2. The van der Waals surface area contributed by atoms with E-state index in [0.717, 1.165) is 12.8 Å². The Morgan fingerprint density at radius 1 is 1.00 bits per heavy atom. The van der Waals surface area contributed by atoms with Gasteiger partial charge < -0.3 is 5.11 Å². The summed E-state index contributed by atoms with van der Waals surface area (Å²) in [5, 5.41) is 11.1. The lowest BCUT2D eigenvalue weighted by Gasteiger charge is -2.06. The molecule has 1 aromatic carbocycles. The second-order valence-corrected chi connectivity index (χ2v) is 4.53. The Kier molecular flexibility index (Phi) is 3.54. The van der Waals surface area contributed by atoms with Crippen molar-refractivity contribution in [1.29, 1.82) is 0 Å². The number of aliphatic hydroxyl groups excluding tert-OH is 1. The quantitative estimate of drug-likeness (QED) is 0.836. The maximum absolute atomic E-state index is 8.97. The summed E-state index contributed by atoms with van der Waals surface area (Å²) in [7, 11) is 0. The third-order valence-electron chi connectivity index (χ3n) is 2.44. The van der Waals surface area contributed by atoms with E-state index in [-0.39, 0.29) is 6.61 Å². The van der Waals surface area contributed by atoms with Crippen molar-refractivity contribution in [3.63, 3.8) is 0 Å². The van der Waals surface area contributed by atoms with Crippen LogP contribution in [-0.2, 0) is 12.8 Å². The SMILES string of the molecule is OCCc1ccccc1Cc1cccs1. The molecule has 2 rings (SSSR count). The van der Waals surface area contributed by atoms with Gasteiger partial charge in [0.1, 0.15) is 0 Å². The Labute approximate surface area is 94.0 Å². The molecule has 0 amide bonds. The van der Waals surface area contributed by atoms with Crippen molar-refractivity contribution in [2.45, 2.75) is 12.8 Å². The monoisotopic (exact) mass is 218 g/mol. The van der Waals surface area contributed by atoms with Crippen LogP contribution in [-0.4, -0.2) is 11.7 Å². The summed E-state index contributed by atoms with van der Waals surface area (Å²) >= 11 is 1.78. The van der Waals surface area contributed by atoms with Crippen molar-refractivity contribution in [2.24, 2.45) is 0 Å². The van der Waals surface area contributed by atoms with Gasteiger partial charge in [-0.05, 0) is 29.0 Å². The van der Waals surface area contributed by atoms with Crippen LogP contribution in [0.5, 0.6) is 0 Å². The van der Waals surface area contributed by atoms with Crippen LogP contribution in [0, 0.1) is 0 Å². The van der Waals surface area contributed by atoms with E-state index in [1.54, 1.807) is 11.3 Å². The van der Waals surface area contributed by atoms with Crippen molar-refractivity contribution in [3.05, 3.63) is 57.8 Å². The fraction of sp³-hybridized carbons (Fsp3) is 0.231. The highest BCUT2D eigenvalue weighted by atomic mass is 32.1. The molecule has 2 aromatic rings. The van der Waals surface area contributed by atoms with Crippen molar-refractivity contribution < 1.29 is 5.11 Å². The highest BCUT2D eigenvalue weighted by Gasteiger charge is 2.02. The van der Waals surface area contributed by atoms with Crippen LogP contribution in [0.3, 0.4) is 0 Å². The lowest BCUT2D eigenvalue weighted by molar-refractivity contribution is 0.299. The minimum atomic E-state index is 0.224. The molecule has 0 spiro atoms. The predicted octanol–water partition coefficient (Wildman–Crippen LogP) is 2.87. The Hall–Kier alpha value is -1.12. The summed E-state index contributed by atoms with van der Waals surface area (Å²) in [6, 6.07) is 12.6. The van der Waals surface area contributed by atoms with Gasteiger partial charge in [0.15, 0.2) is 0 Å². The molecule has 15 heavy (non-hydrogen) atoms. The molecular weight excluding hydrogens is 204 g/mol. The van der Waals surface area contributed by atoms with Crippen LogP contribution in [0.25, 0.3) is 0 Å². The molecule has 78 valence electrons. The highest BCUT2D eigenvalue weighted by molar-refractivity contribution is 7.09. The molecule has 0 bridgehead atoms. The second kappa shape index (κ2) is 5.10. The lowest BCUT2D eigenvalue weighted by Crippen LogP contribution is -1.97. The zero-order valence-electron chi connectivity index (χ0n) is 8.52. The van der Waals surface area contributed by atoms with E-state index in [1.807, 2.05) is 6.07 Å². The number of aliphatic hydroxyl groups is 1. The first-order valence-electron chi connectivity index (χ1n) is 5.10. The van der Waals surface area contributed by atoms with Crippen molar-refractivity contribution in [2.75, 3.05) is 6.61 Å². The number of rotatable bonds is 4. The molecule has 0 fully saturated rings. The highest BCUT2D eigenvalue weighted by Crippen LogP contribution is 2.18. The molecule has 1 aromatic heterocycles. The largest absolute Gasteiger partial charge is 0.396 e. The van der Waals surface area contributed by atoms with Gasteiger partial charge in [-0.2, -0.15) is 0 Å². The first-order valence-corrected chi connectivity index (χ1v) is 5.98. The van der Waals surface area contributed by atoms with Crippen molar-refractivity contribution in [3.8, 4) is 0 Å². The molecule has 0 radical (unpaired) electrons. The van der Waals surface area contributed by atoms with Crippen LogP contribution < -0.4 is 0 Å². The first kappa shape index (κ1) is 10.4. The average molecular weight is 218 g/mol. The Bertz CT molecular complexity index is 406. The van der Waals surface area contributed by atoms with Gasteiger partial charge in [0.25, 0.3) is 0 Å². The molecular formula is C13H14OS. The summed E-state index contributed by atoms with van der Waals surface area (Å²) in [5.74, 6) is 0. The molecule has 0 unspecified atom stereocenters. The summed E-state index contributed by atoms with van der Waals surface area (Å²) in [6.07, 6.45) is 1.73. The third-order valence-corrected chi connectivity index (χ3v) is 3.32. The van der Waals surface area contributed by atoms with Crippen LogP contribution in [0.15, 0.2) is 41.8 Å². The van der Waals surface area contributed by atoms with E-state index in [2.05, 4.69) is 35.7 Å². The maximum atomic E-state index is 8.97. The molecule has 2 heteroatoms. The second-order valence-electron chi connectivity index (χ2n) is 3.50. The maximum Gasteiger partial charge on any atom is 0.0471 e. The average Bonchev–Trinajstić information content (AvgIpc) is 2.74. The van der Waals surface area contributed by atoms with E-state index in [4.69, 9.17) is 5.11 Å². The first-order chi connectivity index (χ1) is 7.40. The molecule has 1 heterocycles. The van der Waals surface area contributed by atoms with Gasteiger partial charge in [-0.15, -0.1) is 11.3 Å². The fourth-order valence-corrected chi connectivity index (χ4v) is 2.42. The van der Waals surface area contributed by atoms with Gasteiger partial charge in [0, 0.05) is 17.9 Å². The minimum absolute atomic E-state index is 0.224. The Morgan fingerprint density at radius 3 is 2.47 bits per heavy atom. The van der Waals surface area contributed by atoms with Crippen LogP contribution in [0.1, 0.15) is 16.0 Å². The molecule has 0 saturated carbocycles. The number of benzene rings is 1. The van der Waals surface area contributed by atoms with Gasteiger partial charge in [0.2, 0.25) is 0 Å². The van der Waals surface area contributed by atoms with Crippen LogP contribution in [0.4, 0.5) is 0 Å². The topological polar surface area (TPSA) is 20.2 Å². The van der Waals surface area contributed by atoms with Gasteiger partial charge in [0.05, 0.1) is 0 Å². The predicted molar refractivity (Wildman–Crippen MR) is 64.4 cm³/mol. The zero-order valence-corrected chi connectivity index (χ0v) is 9.33. The van der Waals surface area contributed by atoms with E-state index in [9.17, 15) is 0 Å². The van der Waals surface area contributed by atoms with E-state index < -0.39 is 0 Å². The molecule has 1 N–H and O–H groups in total. The molecule has 1 nitrogen and oxygen atoms in total. The Balaban J connectivity index is 2.20. The van der Waals surface area contributed by atoms with E-state index in [1.165, 1.54) is 16.0 Å². The number of hydrogen-bond donors (Lipinski definition) is 1. The van der Waals surface area contributed by atoms with E-state index in [0.29, 0.717) is 0 Å². The molecule has 0 atom stereocenters. The van der Waals surface area contributed by atoms with Gasteiger partial charge in [-0.1, -0.05) is 30.3 Å². The number of thiophene rings is 1. The summed E-state index contributed by atoms with van der Waals surface area (Å²) in [4.78, 5) is 1.38. The molecule has 0 aliphatic rings. The smallest absolute Gasteiger partial charge is 0.0471 e. The van der Waals surface area contributed by atoms with Gasteiger partial charge >= 0.3 is 0 Å². The third kappa shape index (κ3) is 2.67. The summed E-state index contributed by atoms with van der Waals surface area (Å²) in [5.41, 5.74) is 2.59. The van der Waals surface area contributed by atoms with Crippen LogP contribution in [0.2, 0.25) is 0 Å². The fourth-order valence-electron chi connectivity index (χ4n) is 1.70. The standard InChI is InChI=1S/C13H14OS/c14-8-7-11-4-1-2-5-12(11)10-13-6-3-9-15-13/h1-6,9,14H,7-8,10H2. The molecule has 0 aliphatic carbocycles. The lowest BCUT2D eigenvalue weighted by atomic mass is 10.0. The Morgan fingerprint density at radius 2 is 1.80 bits per heavy atom. The van der Waals surface area contributed by atoms with Gasteiger partial charge in [-0.3, -0.25) is 0 Å². The van der Waals surface area contributed by atoms with Crippen molar-refractivity contribution in [1.82, 2.24) is 0 Å².